The maximum absolute atomic E-state index is 12.9. The van der Waals surface area contributed by atoms with E-state index in [0.717, 1.165) is 46.5 Å². The standard InChI is InChI=1S/C25H27N5O2/c26-23-13-16-6-5-15(11-19(16)24(27)29-23)14-28-25(32)17-7-8-22-20(12-17)18-3-1-2-4-21(18)30(22)9-10-31/h5-8,11-13,31H,1-4,9-10,14H2,(H,28,32)(H4,26,27,29). The van der Waals surface area contributed by atoms with Gasteiger partial charge in [-0.3, -0.25) is 4.79 Å². The third-order valence-electron chi connectivity index (χ3n) is 6.36. The number of nitrogen functional groups attached to an aromatic ring is 2. The number of nitrogens with zero attached hydrogens (tertiary/aromatic N) is 2. The molecular weight excluding hydrogens is 402 g/mol. The molecule has 0 aliphatic heterocycles. The van der Waals surface area contributed by atoms with Crippen LogP contribution >= 0.6 is 0 Å². The monoisotopic (exact) mass is 429 g/mol. The van der Waals surface area contributed by atoms with Crippen molar-refractivity contribution in [3.8, 4) is 0 Å². The van der Waals surface area contributed by atoms with Crippen molar-refractivity contribution in [2.75, 3.05) is 18.1 Å². The summed E-state index contributed by atoms with van der Waals surface area (Å²) in [5.41, 5.74) is 17.1. The largest absolute Gasteiger partial charge is 0.395 e. The average molecular weight is 430 g/mol. The lowest BCUT2D eigenvalue weighted by Crippen LogP contribution is -2.22. The molecule has 2 heterocycles. The Balaban J connectivity index is 1.40. The van der Waals surface area contributed by atoms with Gasteiger partial charge in [0.2, 0.25) is 0 Å². The number of nitrogens with one attached hydrogen (secondary N) is 1. The van der Waals surface area contributed by atoms with Crippen molar-refractivity contribution in [1.29, 1.82) is 0 Å². The molecule has 164 valence electrons. The van der Waals surface area contributed by atoms with Crippen molar-refractivity contribution in [1.82, 2.24) is 14.9 Å². The van der Waals surface area contributed by atoms with Crippen LogP contribution in [-0.4, -0.2) is 27.2 Å². The maximum atomic E-state index is 12.9. The summed E-state index contributed by atoms with van der Waals surface area (Å²) < 4.78 is 2.21. The number of rotatable bonds is 5. The Morgan fingerprint density at radius 2 is 1.91 bits per heavy atom. The van der Waals surface area contributed by atoms with E-state index in [0.29, 0.717) is 30.3 Å². The van der Waals surface area contributed by atoms with Gasteiger partial charge in [-0.25, -0.2) is 4.98 Å². The molecule has 0 spiro atoms. The van der Waals surface area contributed by atoms with E-state index >= 15 is 0 Å². The van der Waals surface area contributed by atoms with Gasteiger partial charge in [0.25, 0.3) is 5.91 Å². The third-order valence-corrected chi connectivity index (χ3v) is 6.36. The van der Waals surface area contributed by atoms with Crippen molar-refractivity contribution in [3.63, 3.8) is 0 Å². The van der Waals surface area contributed by atoms with Crippen LogP contribution in [0.4, 0.5) is 11.6 Å². The third kappa shape index (κ3) is 3.54. The number of fused-ring (bicyclic) bond motifs is 4. The lowest BCUT2D eigenvalue weighted by atomic mass is 9.95. The molecule has 0 atom stereocenters. The summed E-state index contributed by atoms with van der Waals surface area (Å²) in [4.78, 5) is 17.0. The number of benzene rings is 2. The second kappa shape index (κ2) is 8.16. The van der Waals surface area contributed by atoms with Gasteiger partial charge in [0.05, 0.1) is 6.61 Å². The molecule has 5 rings (SSSR count). The molecule has 1 aliphatic rings. The molecule has 2 aromatic heterocycles. The first-order valence-electron chi connectivity index (χ1n) is 11.0. The van der Waals surface area contributed by atoms with Crippen LogP contribution in [0.3, 0.4) is 0 Å². The first kappa shape index (κ1) is 20.3. The summed E-state index contributed by atoms with van der Waals surface area (Å²) >= 11 is 0. The molecule has 2 aromatic carbocycles. The molecule has 0 radical (unpaired) electrons. The Morgan fingerprint density at radius 3 is 2.75 bits per heavy atom. The molecule has 0 fully saturated rings. The number of pyridine rings is 1. The summed E-state index contributed by atoms with van der Waals surface area (Å²) in [6, 6.07) is 13.5. The summed E-state index contributed by atoms with van der Waals surface area (Å²) in [5.74, 6) is 0.659. The van der Waals surface area contributed by atoms with Crippen molar-refractivity contribution in [3.05, 3.63) is 64.8 Å². The Bertz CT molecular complexity index is 1340. The summed E-state index contributed by atoms with van der Waals surface area (Å²) in [6.45, 7) is 1.08. The fourth-order valence-corrected chi connectivity index (χ4v) is 4.87. The van der Waals surface area contributed by atoms with Gasteiger partial charge in [0, 0.05) is 40.6 Å². The lowest BCUT2D eigenvalue weighted by molar-refractivity contribution is 0.0951. The minimum Gasteiger partial charge on any atom is -0.395 e. The highest BCUT2D eigenvalue weighted by Crippen LogP contribution is 2.33. The van der Waals surface area contributed by atoms with Crippen LogP contribution in [0.25, 0.3) is 21.7 Å². The summed E-state index contributed by atoms with van der Waals surface area (Å²) in [7, 11) is 0. The van der Waals surface area contributed by atoms with Crippen LogP contribution in [0.2, 0.25) is 0 Å². The van der Waals surface area contributed by atoms with Crippen molar-refractivity contribution in [2.45, 2.75) is 38.8 Å². The van der Waals surface area contributed by atoms with Crippen LogP contribution in [0.5, 0.6) is 0 Å². The van der Waals surface area contributed by atoms with E-state index < -0.39 is 0 Å². The Hall–Kier alpha value is -3.58. The number of carbonyl (C=O) groups is 1. The number of hydrogen-bond acceptors (Lipinski definition) is 5. The normalized spacial score (nSPS) is 13.4. The first-order chi connectivity index (χ1) is 15.5. The fraction of sp³-hybridized carbons (Fsp3) is 0.280. The minimum absolute atomic E-state index is 0.108. The number of nitrogens with two attached hydrogens (primary N) is 2. The zero-order valence-corrected chi connectivity index (χ0v) is 17.9. The molecule has 4 aromatic rings. The van der Waals surface area contributed by atoms with E-state index in [1.54, 1.807) is 6.07 Å². The molecule has 0 bridgehead atoms. The smallest absolute Gasteiger partial charge is 0.251 e. The molecule has 6 N–H and O–H groups in total. The molecule has 1 amide bonds. The Kier molecular flexibility index (Phi) is 5.19. The van der Waals surface area contributed by atoms with E-state index in [1.807, 2.05) is 36.4 Å². The summed E-state index contributed by atoms with van der Waals surface area (Å²) in [5, 5.41) is 15.4. The zero-order valence-electron chi connectivity index (χ0n) is 17.9. The number of amides is 1. The molecule has 7 nitrogen and oxygen atoms in total. The fourth-order valence-electron chi connectivity index (χ4n) is 4.87. The first-order valence-corrected chi connectivity index (χ1v) is 11.0. The van der Waals surface area contributed by atoms with Gasteiger partial charge in [0.15, 0.2) is 0 Å². The highest BCUT2D eigenvalue weighted by Gasteiger charge is 2.20. The van der Waals surface area contributed by atoms with E-state index in [9.17, 15) is 9.90 Å². The van der Waals surface area contributed by atoms with Gasteiger partial charge in [0.1, 0.15) is 11.6 Å². The van der Waals surface area contributed by atoms with Crippen LogP contribution in [0, 0.1) is 0 Å². The van der Waals surface area contributed by atoms with Gasteiger partial charge >= 0.3 is 0 Å². The second-order valence-electron chi connectivity index (χ2n) is 8.41. The van der Waals surface area contributed by atoms with Crippen LogP contribution in [-0.2, 0) is 25.9 Å². The SMILES string of the molecule is Nc1cc2ccc(CNC(=O)c3ccc4c(c3)c3c(n4CCO)CCCC3)cc2c(N)n1. The van der Waals surface area contributed by atoms with Crippen molar-refractivity contribution >= 4 is 39.2 Å². The van der Waals surface area contributed by atoms with Crippen LogP contribution in [0.15, 0.2) is 42.5 Å². The second-order valence-corrected chi connectivity index (χ2v) is 8.41. The number of aliphatic hydroxyl groups excluding tert-OH is 1. The molecule has 32 heavy (non-hydrogen) atoms. The number of carbonyl (C=O) groups excluding carboxylic acids is 1. The average Bonchev–Trinajstić information content (AvgIpc) is 3.11. The predicted molar refractivity (Wildman–Crippen MR) is 127 cm³/mol. The highest BCUT2D eigenvalue weighted by molar-refractivity contribution is 5.99. The van der Waals surface area contributed by atoms with Crippen LogP contribution in [0.1, 0.15) is 40.0 Å². The van der Waals surface area contributed by atoms with Crippen LogP contribution < -0.4 is 16.8 Å². The Labute approximate surface area is 186 Å². The van der Waals surface area contributed by atoms with Gasteiger partial charge in [-0.05, 0) is 72.5 Å². The lowest BCUT2D eigenvalue weighted by Gasteiger charge is -2.15. The van der Waals surface area contributed by atoms with Gasteiger partial charge in [-0.15, -0.1) is 0 Å². The van der Waals surface area contributed by atoms with Gasteiger partial charge in [-0.1, -0.05) is 12.1 Å². The van der Waals surface area contributed by atoms with E-state index in [2.05, 4.69) is 14.9 Å². The van der Waals surface area contributed by atoms with Crippen molar-refractivity contribution in [2.24, 2.45) is 0 Å². The number of aliphatic hydroxyl groups is 1. The van der Waals surface area contributed by atoms with Crippen molar-refractivity contribution < 1.29 is 9.90 Å². The predicted octanol–water partition coefficient (Wildman–Crippen LogP) is 3.16. The highest BCUT2D eigenvalue weighted by atomic mass is 16.3. The number of aryl methyl sites for hydroxylation is 1. The molecule has 0 unspecified atom stereocenters. The quantitative estimate of drug-likeness (QED) is 0.389. The van der Waals surface area contributed by atoms with Gasteiger partial charge < -0.3 is 26.5 Å². The molecule has 7 heteroatoms. The Morgan fingerprint density at radius 1 is 1.06 bits per heavy atom. The zero-order chi connectivity index (χ0) is 22.2. The number of hydrogen-bond donors (Lipinski definition) is 4. The number of anilines is 2. The maximum Gasteiger partial charge on any atom is 0.251 e. The molecular formula is C25H27N5O2. The van der Waals surface area contributed by atoms with Gasteiger partial charge in [-0.2, -0.15) is 0 Å². The topological polar surface area (TPSA) is 119 Å². The molecule has 1 aliphatic carbocycles. The van der Waals surface area contributed by atoms with E-state index in [1.165, 1.54) is 17.7 Å². The molecule has 0 saturated heterocycles. The van der Waals surface area contributed by atoms with E-state index in [4.69, 9.17) is 11.5 Å². The number of aromatic nitrogens is 2. The minimum atomic E-state index is -0.116. The van der Waals surface area contributed by atoms with E-state index in [-0.39, 0.29) is 12.5 Å². The molecule has 0 saturated carbocycles. The summed E-state index contributed by atoms with van der Waals surface area (Å²) in [6.07, 6.45) is 4.37.